The number of carbonyl (C=O) groups is 1. The monoisotopic (exact) mass is 361 g/mol. The molecular formula is C14H14F3N3O5. The van der Waals surface area contributed by atoms with Gasteiger partial charge in [-0.25, -0.2) is 0 Å². The Kier molecular flexibility index (Phi) is 4.71. The number of halogens is 3. The van der Waals surface area contributed by atoms with Crippen molar-refractivity contribution in [3.63, 3.8) is 0 Å². The van der Waals surface area contributed by atoms with Crippen LogP contribution in [0.4, 0.5) is 18.9 Å². The zero-order valence-corrected chi connectivity index (χ0v) is 13.1. The second kappa shape index (κ2) is 6.31. The number of non-ortho nitro benzene ring substituents is 1. The van der Waals surface area contributed by atoms with Gasteiger partial charge in [0.2, 0.25) is 0 Å². The van der Waals surface area contributed by atoms with Crippen LogP contribution >= 0.6 is 0 Å². The fourth-order valence-electron chi connectivity index (χ4n) is 2.25. The molecule has 0 aromatic heterocycles. The summed E-state index contributed by atoms with van der Waals surface area (Å²) < 4.78 is 44.6. The number of nitrogens with zero attached hydrogens (tertiary/aromatic N) is 3. The fraction of sp³-hybridized carbons (Fsp3) is 0.429. The van der Waals surface area contributed by atoms with Gasteiger partial charge in [-0.05, 0) is 26.0 Å². The smallest absolute Gasteiger partial charge is 0.438 e. The van der Waals surface area contributed by atoms with Gasteiger partial charge in [0.25, 0.3) is 17.3 Å². The number of hydrogen-bond acceptors (Lipinski definition) is 6. The third kappa shape index (κ3) is 3.55. The molecular weight excluding hydrogens is 347 g/mol. The zero-order valence-electron chi connectivity index (χ0n) is 13.1. The molecule has 1 heterocycles. The van der Waals surface area contributed by atoms with Crippen LogP contribution in [0.3, 0.4) is 0 Å². The average Bonchev–Trinajstić information content (AvgIpc) is 2.82. The number of amides is 1. The van der Waals surface area contributed by atoms with Crippen molar-refractivity contribution in [3.8, 4) is 5.75 Å². The number of hydrogen-bond donors (Lipinski definition) is 1. The number of benzene rings is 1. The van der Waals surface area contributed by atoms with E-state index in [1.54, 1.807) is 0 Å². The van der Waals surface area contributed by atoms with E-state index in [2.05, 4.69) is 5.10 Å². The van der Waals surface area contributed by atoms with Crippen molar-refractivity contribution in [2.45, 2.75) is 38.3 Å². The molecule has 2 atom stereocenters. The predicted octanol–water partition coefficient (Wildman–Crippen LogP) is 2.22. The summed E-state index contributed by atoms with van der Waals surface area (Å²) in [5.74, 6) is -1.16. The highest BCUT2D eigenvalue weighted by Crippen LogP contribution is 2.40. The Labute approximate surface area is 139 Å². The first-order valence-electron chi connectivity index (χ1n) is 7.04. The fourth-order valence-corrected chi connectivity index (χ4v) is 2.25. The van der Waals surface area contributed by atoms with E-state index in [0.717, 1.165) is 12.1 Å². The molecule has 0 radical (unpaired) electrons. The van der Waals surface area contributed by atoms with Crippen molar-refractivity contribution >= 4 is 17.3 Å². The summed E-state index contributed by atoms with van der Waals surface area (Å²) in [4.78, 5) is 22.2. The lowest BCUT2D eigenvalue weighted by molar-refractivity contribution is -0.384. The van der Waals surface area contributed by atoms with E-state index in [4.69, 9.17) is 4.74 Å². The molecule has 8 nitrogen and oxygen atoms in total. The maximum Gasteiger partial charge on any atom is 0.438 e. The lowest BCUT2D eigenvalue weighted by atomic mass is 10.1. The van der Waals surface area contributed by atoms with Crippen molar-refractivity contribution in [2.24, 2.45) is 5.10 Å². The number of carbonyl (C=O) groups excluding carboxylic acids is 1. The summed E-state index contributed by atoms with van der Waals surface area (Å²) in [6.45, 7) is 2.44. The Balaban J connectivity index is 2.17. The number of nitro groups is 1. The van der Waals surface area contributed by atoms with Gasteiger partial charge in [0.05, 0.1) is 4.92 Å². The van der Waals surface area contributed by atoms with Crippen molar-refractivity contribution in [2.75, 3.05) is 0 Å². The molecule has 0 fully saturated rings. The van der Waals surface area contributed by atoms with E-state index in [1.165, 1.54) is 26.0 Å². The predicted molar refractivity (Wildman–Crippen MR) is 78.8 cm³/mol. The van der Waals surface area contributed by atoms with E-state index in [1.807, 2.05) is 0 Å². The van der Waals surface area contributed by atoms with Crippen LogP contribution in [0.5, 0.6) is 5.75 Å². The van der Waals surface area contributed by atoms with Crippen molar-refractivity contribution < 1.29 is 32.7 Å². The molecule has 1 N–H and O–H groups in total. The van der Waals surface area contributed by atoms with Gasteiger partial charge in [-0.1, -0.05) is 0 Å². The van der Waals surface area contributed by atoms with Crippen molar-refractivity contribution in [1.29, 1.82) is 0 Å². The lowest BCUT2D eigenvalue weighted by Crippen LogP contribution is -2.58. The highest BCUT2D eigenvalue weighted by molar-refractivity contribution is 5.90. The molecule has 25 heavy (non-hydrogen) atoms. The second-order valence-corrected chi connectivity index (χ2v) is 5.49. The Hall–Kier alpha value is -2.69. The molecule has 2 rings (SSSR count). The van der Waals surface area contributed by atoms with Crippen LogP contribution in [0.2, 0.25) is 0 Å². The SMILES string of the molecule is CC1=NN(C(=O)[C@@H](C)Oc2ccc([N+](=O)[O-])cc2)[C@@](O)(C(F)(F)F)C1. The van der Waals surface area contributed by atoms with Crippen LogP contribution in [-0.4, -0.2) is 44.7 Å². The number of aliphatic hydroxyl groups is 1. The number of nitro benzene ring substituents is 1. The Morgan fingerprint density at radius 2 is 2.00 bits per heavy atom. The normalized spacial score (nSPS) is 21.7. The van der Waals surface area contributed by atoms with Gasteiger partial charge in [-0.3, -0.25) is 14.9 Å². The maximum absolute atomic E-state index is 13.1. The topological polar surface area (TPSA) is 105 Å². The largest absolute Gasteiger partial charge is 0.481 e. The van der Waals surface area contributed by atoms with Gasteiger partial charge in [0.1, 0.15) is 5.75 Å². The van der Waals surface area contributed by atoms with Gasteiger partial charge < -0.3 is 9.84 Å². The number of hydrazone groups is 1. The molecule has 1 aliphatic rings. The van der Waals surface area contributed by atoms with Crippen LogP contribution < -0.4 is 4.74 Å². The van der Waals surface area contributed by atoms with Crippen LogP contribution in [0, 0.1) is 10.1 Å². The summed E-state index contributed by atoms with van der Waals surface area (Å²) in [5, 5.41) is 23.9. The van der Waals surface area contributed by atoms with E-state index in [-0.39, 0.29) is 22.2 Å². The summed E-state index contributed by atoms with van der Waals surface area (Å²) in [5.41, 5.74) is -3.70. The van der Waals surface area contributed by atoms with Crippen LogP contribution in [0.15, 0.2) is 29.4 Å². The van der Waals surface area contributed by atoms with Crippen LogP contribution in [0.25, 0.3) is 0 Å². The molecule has 136 valence electrons. The van der Waals surface area contributed by atoms with Gasteiger partial charge in [-0.15, -0.1) is 0 Å². The molecule has 0 unspecified atom stereocenters. The molecule has 1 aliphatic heterocycles. The third-order valence-electron chi connectivity index (χ3n) is 3.49. The Morgan fingerprint density at radius 1 is 1.44 bits per heavy atom. The molecule has 11 heteroatoms. The van der Waals surface area contributed by atoms with Gasteiger partial charge in [-0.2, -0.15) is 23.3 Å². The molecule has 1 amide bonds. The minimum absolute atomic E-state index is 0.0294. The summed E-state index contributed by atoms with van der Waals surface area (Å²) in [7, 11) is 0. The Morgan fingerprint density at radius 3 is 2.48 bits per heavy atom. The van der Waals surface area contributed by atoms with E-state index < -0.39 is 35.3 Å². The van der Waals surface area contributed by atoms with Crippen LogP contribution in [-0.2, 0) is 4.79 Å². The molecule has 0 aliphatic carbocycles. The van der Waals surface area contributed by atoms with Gasteiger partial charge >= 0.3 is 6.18 Å². The molecule has 0 saturated heterocycles. The summed E-state index contributed by atoms with van der Waals surface area (Å²) in [6.07, 6.45) is -7.37. The van der Waals surface area contributed by atoms with Gasteiger partial charge in [0.15, 0.2) is 6.10 Å². The van der Waals surface area contributed by atoms with Crippen molar-refractivity contribution in [3.05, 3.63) is 34.4 Å². The minimum Gasteiger partial charge on any atom is -0.481 e. The van der Waals surface area contributed by atoms with E-state index >= 15 is 0 Å². The van der Waals surface area contributed by atoms with Crippen molar-refractivity contribution in [1.82, 2.24) is 5.01 Å². The molecule has 0 spiro atoms. The first-order chi connectivity index (χ1) is 11.5. The molecule has 0 bridgehead atoms. The van der Waals surface area contributed by atoms with Gasteiger partial charge in [0, 0.05) is 24.3 Å². The first kappa shape index (κ1) is 18.6. The molecule has 1 aromatic rings. The van der Waals surface area contributed by atoms with Crippen LogP contribution in [0.1, 0.15) is 20.3 Å². The quantitative estimate of drug-likeness (QED) is 0.654. The zero-order chi connectivity index (χ0) is 19.0. The molecule has 1 aromatic carbocycles. The summed E-state index contributed by atoms with van der Waals surface area (Å²) >= 11 is 0. The number of alkyl halides is 3. The summed E-state index contributed by atoms with van der Waals surface area (Å²) in [6, 6.07) is 4.65. The second-order valence-electron chi connectivity index (χ2n) is 5.49. The molecule has 0 saturated carbocycles. The maximum atomic E-state index is 13.1. The lowest BCUT2D eigenvalue weighted by Gasteiger charge is -2.33. The number of ether oxygens (including phenoxy) is 1. The standard InChI is InChI=1S/C14H14F3N3O5/c1-8-7-13(22,14(15,16)17)19(18-8)12(21)9(2)25-11-5-3-10(4-6-11)20(23)24/h3-6,9,22H,7H2,1-2H3/t9-,13+/m1/s1. The van der Waals surface area contributed by atoms with E-state index in [0.29, 0.717) is 0 Å². The highest BCUT2D eigenvalue weighted by Gasteiger charge is 2.63. The highest BCUT2D eigenvalue weighted by atomic mass is 19.4. The first-order valence-corrected chi connectivity index (χ1v) is 7.04. The van der Waals surface area contributed by atoms with E-state index in [9.17, 15) is 33.2 Å². The minimum atomic E-state index is -5.10. The number of rotatable bonds is 4. The average molecular weight is 361 g/mol. The third-order valence-corrected chi connectivity index (χ3v) is 3.49. The Bertz CT molecular complexity index is 719.